The van der Waals surface area contributed by atoms with Crippen LogP contribution in [0.25, 0.3) is 16.6 Å². The minimum atomic E-state index is -0.715. The Kier molecular flexibility index (Phi) is 7.95. The van der Waals surface area contributed by atoms with Crippen molar-refractivity contribution in [1.82, 2.24) is 19.3 Å². The van der Waals surface area contributed by atoms with Crippen molar-refractivity contribution in [2.75, 3.05) is 20.3 Å². The topological polar surface area (TPSA) is 107 Å². The second-order valence-electron chi connectivity index (χ2n) is 11.2. The predicted octanol–water partition coefficient (Wildman–Crippen LogP) is 5.59. The first-order valence-electron chi connectivity index (χ1n) is 15.1. The molecule has 0 radical (unpaired) electrons. The van der Waals surface area contributed by atoms with Gasteiger partial charge in [0.1, 0.15) is 29.5 Å². The predicted molar refractivity (Wildman–Crippen MR) is 163 cm³/mol. The molecule has 0 unspecified atom stereocenters. The molecule has 236 valence electrons. The number of ether oxygens (including phenoxy) is 4. The standard InChI is InChI=1S/C34H30F2N4O6/c1-43-30-16-22-25(17-31(30)45-21-11-13-44-18-21)37-19-38-33(22)46-29-10-9-20(14-24(29)36)15-28(41)32-27-8-4-5-12-39(27)40(34(32)42)26-7-3-2-6-23(26)35/h2-3,6-7,9-10,14,16-17,19,21H,4-5,8,11-13,15,18H2,1H3/t21-/m1/s1. The summed E-state index contributed by atoms with van der Waals surface area (Å²) in [5, 5.41) is 0.484. The van der Waals surface area contributed by atoms with E-state index in [9.17, 15) is 14.0 Å². The van der Waals surface area contributed by atoms with E-state index in [1.165, 1.54) is 42.4 Å². The molecule has 7 rings (SSSR count). The SMILES string of the molecule is COc1cc2c(Oc3ccc(CC(=O)c4c5n(n(-c6ccccc6F)c4=O)CCCC5)cc3F)ncnc2cc1O[C@@H]1CCOC1. The maximum atomic E-state index is 15.4. The lowest BCUT2D eigenvalue weighted by Crippen LogP contribution is -2.25. The average Bonchev–Trinajstić information content (AvgIpc) is 3.67. The normalized spacial score (nSPS) is 15.9. The molecule has 1 saturated heterocycles. The lowest BCUT2D eigenvalue weighted by molar-refractivity contribution is 0.0990. The molecule has 10 nitrogen and oxygen atoms in total. The van der Waals surface area contributed by atoms with Crippen molar-refractivity contribution >= 4 is 16.7 Å². The molecule has 12 heteroatoms. The van der Waals surface area contributed by atoms with Gasteiger partial charge in [0.2, 0.25) is 5.88 Å². The van der Waals surface area contributed by atoms with Gasteiger partial charge in [-0.1, -0.05) is 18.2 Å². The van der Waals surface area contributed by atoms with Crippen LogP contribution in [0.5, 0.6) is 23.1 Å². The van der Waals surface area contributed by atoms with E-state index in [1.54, 1.807) is 35.0 Å². The van der Waals surface area contributed by atoms with Gasteiger partial charge in [0, 0.05) is 25.5 Å². The Hall–Kier alpha value is -5.10. The van der Waals surface area contributed by atoms with Gasteiger partial charge in [-0.3, -0.25) is 14.3 Å². The highest BCUT2D eigenvalue weighted by Gasteiger charge is 2.29. The van der Waals surface area contributed by atoms with Crippen LogP contribution in [0.3, 0.4) is 0 Å². The van der Waals surface area contributed by atoms with E-state index in [0.717, 1.165) is 19.3 Å². The summed E-state index contributed by atoms with van der Waals surface area (Å²) in [7, 11) is 1.52. The molecule has 0 spiro atoms. The second-order valence-corrected chi connectivity index (χ2v) is 11.2. The number of Topliss-reactive ketones (excluding diaryl/α,β-unsaturated/α-hetero) is 1. The van der Waals surface area contributed by atoms with Crippen LogP contribution in [0.1, 0.15) is 40.9 Å². The number of aromatic nitrogens is 4. The Morgan fingerprint density at radius 3 is 2.67 bits per heavy atom. The van der Waals surface area contributed by atoms with Crippen molar-refractivity contribution in [2.45, 2.75) is 44.8 Å². The molecule has 0 amide bonds. The molecule has 1 fully saturated rings. The summed E-state index contributed by atoms with van der Waals surface area (Å²) >= 11 is 0. The molecular formula is C34H30F2N4O6. The highest BCUT2D eigenvalue weighted by molar-refractivity contribution is 5.98. The minimum absolute atomic E-state index is 0.00824. The van der Waals surface area contributed by atoms with Crippen molar-refractivity contribution in [3.05, 3.63) is 99.7 Å². The number of halogens is 2. The largest absolute Gasteiger partial charge is 0.493 e. The molecule has 2 aliphatic rings. The van der Waals surface area contributed by atoms with Gasteiger partial charge in [0.05, 0.1) is 36.9 Å². The van der Waals surface area contributed by atoms with E-state index in [1.807, 2.05) is 0 Å². The summed E-state index contributed by atoms with van der Waals surface area (Å²) in [6, 6.07) is 13.5. The summed E-state index contributed by atoms with van der Waals surface area (Å²) in [5.41, 5.74) is 0.955. The van der Waals surface area contributed by atoms with Crippen LogP contribution in [0.4, 0.5) is 8.78 Å². The van der Waals surface area contributed by atoms with Crippen LogP contribution in [0.15, 0.2) is 65.7 Å². The van der Waals surface area contributed by atoms with Gasteiger partial charge in [0.15, 0.2) is 28.8 Å². The number of nitrogens with zero attached hydrogens (tertiary/aromatic N) is 4. The van der Waals surface area contributed by atoms with Crippen molar-refractivity contribution in [2.24, 2.45) is 0 Å². The van der Waals surface area contributed by atoms with Crippen molar-refractivity contribution in [3.63, 3.8) is 0 Å². The minimum Gasteiger partial charge on any atom is -0.493 e. The highest BCUT2D eigenvalue weighted by Crippen LogP contribution is 2.37. The first-order chi connectivity index (χ1) is 22.4. The molecular weight excluding hydrogens is 598 g/mol. The fourth-order valence-corrected chi connectivity index (χ4v) is 6.05. The molecule has 5 aromatic rings. The van der Waals surface area contributed by atoms with E-state index >= 15 is 4.39 Å². The number of rotatable bonds is 9. The lowest BCUT2D eigenvalue weighted by Gasteiger charge is -2.19. The molecule has 4 heterocycles. The number of ketones is 1. The van der Waals surface area contributed by atoms with Crippen molar-refractivity contribution in [3.8, 4) is 28.8 Å². The molecule has 2 aromatic heterocycles. The van der Waals surface area contributed by atoms with Crippen LogP contribution in [-0.2, 0) is 24.1 Å². The molecule has 2 aliphatic heterocycles. The van der Waals surface area contributed by atoms with Crippen LogP contribution >= 0.6 is 0 Å². The van der Waals surface area contributed by atoms with E-state index in [0.29, 0.717) is 59.8 Å². The van der Waals surface area contributed by atoms with Crippen LogP contribution in [0, 0.1) is 11.6 Å². The number of hydrogen-bond acceptors (Lipinski definition) is 8. The second kappa shape index (κ2) is 12.4. The molecule has 3 aromatic carbocycles. The van der Waals surface area contributed by atoms with Gasteiger partial charge in [-0.25, -0.2) is 23.4 Å². The summed E-state index contributed by atoms with van der Waals surface area (Å²) in [4.78, 5) is 35.6. The number of carbonyl (C=O) groups is 1. The molecule has 0 saturated carbocycles. The molecule has 0 bridgehead atoms. The molecule has 0 aliphatic carbocycles. The van der Waals surface area contributed by atoms with Crippen LogP contribution < -0.4 is 19.8 Å². The van der Waals surface area contributed by atoms with E-state index < -0.39 is 23.0 Å². The Balaban J connectivity index is 1.14. The van der Waals surface area contributed by atoms with Gasteiger partial charge in [-0.2, -0.15) is 0 Å². The van der Waals surface area contributed by atoms with Crippen molar-refractivity contribution in [1.29, 1.82) is 0 Å². The Morgan fingerprint density at radius 2 is 1.89 bits per heavy atom. The van der Waals surface area contributed by atoms with E-state index in [4.69, 9.17) is 18.9 Å². The highest BCUT2D eigenvalue weighted by atomic mass is 19.1. The molecule has 1 atom stereocenters. The monoisotopic (exact) mass is 628 g/mol. The average molecular weight is 629 g/mol. The maximum Gasteiger partial charge on any atom is 0.282 e. The van der Waals surface area contributed by atoms with Gasteiger partial charge in [-0.15, -0.1) is 0 Å². The fourth-order valence-electron chi connectivity index (χ4n) is 6.05. The number of benzene rings is 3. The van der Waals surface area contributed by atoms with Gasteiger partial charge < -0.3 is 18.9 Å². The summed E-state index contributed by atoms with van der Waals surface area (Å²) in [6.07, 6.45) is 3.87. The van der Waals surface area contributed by atoms with Crippen LogP contribution in [-0.4, -0.2) is 51.5 Å². The van der Waals surface area contributed by atoms with Crippen molar-refractivity contribution < 1.29 is 32.5 Å². The van der Waals surface area contributed by atoms with Gasteiger partial charge >= 0.3 is 0 Å². The zero-order chi connectivity index (χ0) is 31.8. The van der Waals surface area contributed by atoms with Gasteiger partial charge in [-0.05, 0) is 55.2 Å². The number of fused-ring (bicyclic) bond motifs is 2. The maximum absolute atomic E-state index is 15.4. The third-order valence-corrected chi connectivity index (χ3v) is 8.27. The number of hydrogen-bond donors (Lipinski definition) is 0. The first-order valence-corrected chi connectivity index (χ1v) is 15.1. The fraction of sp³-hybridized carbons (Fsp3) is 0.294. The summed E-state index contributed by atoms with van der Waals surface area (Å²) < 4.78 is 55.9. The first kappa shape index (κ1) is 29.6. The van der Waals surface area contributed by atoms with E-state index in [2.05, 4.69) is 9.97 Å². The molecule has 0 N–H and O–H groups in total. The number of carbonyl (C=O) groups excluding carboxylic acids is 1. The number of para-hydroxylation sites is 1. The Bertz CT molecular complexity index is 2020. The Labute approximate surface area is 262 Å². The zero-order valence-corrected chi connectivity index (χ0v) is 25.0. The summed E-state index contributed by atoms with van der Waals surface area (Å²) in [6.45, 7) is 1.60. The lowest BCUT2D eigenvalue weighted by atomic mass is 9.99. The number of methoxy groups -OCH3 is 1. The smallest absolute Gasteiger partial charge is 0.282 e. The Morgan fingerprint density at radius 1 is 1.02 bits per heavy atom. The third kappa shape index (κ3) is 5.49. The van der Waals surface area contributed by atoms with Crippen LogP contribution in [0.2, 0.25) is 0 Å². The molecule has 46 heavy (non-hydrogen) atoms. The third-order valence-electron chi connectivity index (χ3n) is 8.27. The zero-order valence-electron chi connectivity index (χ0n) is 25.0. The summed E-state index contributed by atoms with van der Waals surface area (Å²) in [5.74, 6) is -0.800. The van der Waals surface area contributed by atoms with Gasteiger partial charge in [0.25, 0.3) is 5.56 Å². The quantitative estimate of drug-likeness (QED) is 0.195. The van der Waals surface area contributed by atoms with E-state index in [-0.39, 0.29) is 35.4 Å².